The van der Waals surface area contributed by atoms with Gasteiger partial charge in [-0.25, -0.2) is 0 Å². The molecule has 0 N–H and O–H groups in total. The van der Waals surface area contributed by atoms with Crippen molar-refractivity contribution in [2.24, 2.45) is 0 Å². The predicted octanol–water partition coefficient (Wildman–Crippen LogP) is 4.85. The summed E-state index contributed by atoms with van der Waals surface area (Å²) in [4.78, 5) is 0. The summed E-state index contributed by atoms with van der Waals surface area (Å²) >= 11 is 3.98. The van der Waals surface area contributed by atoms with Crippen LogP contribution in [0.25, 0.3) is 0 Å². The standard InChI is InChI=1S/C12H27BOS2/c1-4-7-10-14-13(15-11-8-5-2)16-12-9-6-3/h4-12H2,1-3H3. The summed E-state index contributed by atoms with van der Waals surface area (Å²) in [7, 11) is 0. The Labute approximate surface area is 111 Å². The van der Waals surface area contributed by atoms with E-state index in [4.69, 9.17) is 4.65 Å². The first-order valence-corrected chi connectivity index (χ1v) is 8.79. The van der Waals surface area contributed by atoms with Crippen LogP contribution < -0.4 is 0 Å². The number of hydrogen-bond acceptors (Lipinski definition) is 3. The number of unbranched alkanes of at least 4 members (excludes halogenated alkanes) is 3. The third-order valence-electron chi connectivity index (χ3n) is 2.26. The molecule has 0 rings (SSSR count). The van der Waals surface area contributed by atoms with Crippen LogP contribution in [-0.2, 0) is 4.65 Å². The van der Waals surface area contributed by atoms with Crippen molar-refractivity contribution >= 4 is 28.7 Å². The zero-order valence-electron chi connectivity index (χ0n) is 11.2. The maximum absolute atomic E-state index is 5.90. The molecule has 0 aliphatic rings. The van der Waals surface area contributed by atoms with Gasteiger partial charge in [0, 0.05) is 6.61 Å². The van der Waals surface area contributed by atoms with Crippen LogP contribution in [0.4, 0.5) is 0 Å². The summed E-state index contributed by atoms with van der Waals surface area (Å²) in [5, 5.41) is 0. The van der Waals surface area contributed by atoms with E-state index in [2.05, 4.69) is 20.8 Å². The van der Waals surface area contributed by atoms with Crippen LogP contribution in [-0.4, -0.2) is 23.6 Å². The molecule has 0 atom stereocenters. The van der Waals surface area contributed by atoms with Gasteiger partial charge >= 0.3 is 5.47 Å². The third kappa shape index (κ3) is 11.2. The average Bonchev–Trinajstić information content (AvgIpc) is 2.29. The molecule has 0 bridgehead atoms. The van der Waals surface area contributed by atoms with Crippen molar-refractivity contribution in [2.75, 3.05) is 18.1 Å². The predicted molar refractivity (Wildman–Crippen MR) is 81.3 cm³/mol. The highest BCUT2D eigenvalue weighted by molar-refractivity contribution is 8.53. The van der Waals surface area contributed by atoms with Gasteiger partial charge in [-0.3, -0.25) is 0 Å². The molecule has 0 aromatic rings. The zero-order valence-corrected chi connectivity index (χ0v) is 12.8. The van der Waals surface area contributed by atoms with Crippen molar-refractivity contribution in [2.45, 2.75) is 59.3 Å². The van der Waals surface area contributed by atoms with Crippen molar-refractivity contribution in [1.82, 2.24) is 0 Å². The van der Waals surface area contributed by atoms with Crippen LogP contribution in [0.3, 0.4) is 0 Å². The summed E-state index contributed by atoms with van der Waals surface area (Å²) in [5.41, 5.74) is 0.379. The molecule has 0 aliphatic heterocycles. The van der Waals surface area contributed by atoms with Crippen molar-refractivity contribution in [3.8, 4) is 0 Å². The molecular formula is C12H27BOS2. The van der Waals surface area contributed by atoms with Crippen LogP contribution in [0.15, 0.2) is 0 Å². The van der Waals surface area contributed by atoms with E-state index in [0.29, 0.717) is 5.47 Å². The largest absolute Gasteiger partial charge is 0.432 e. The van der Waals surface area contributed by atoms with Crippen molar-refractivity contribution < 1.29 is 4.65 Å². The Balaban J connectivity index is 3.58. The Morgan fingerprint density at radius 3 is 1.75 bits per heavy atom. The maximum Gasteiger partial charge on any atom is 0.432 e. The molecule has 1 nitrogen and oxygen atoms in total. The SMILES string of the molecule is CCCCOB(SCCCC)SCCCC. The van der Waals surface area contributed by atoms with Crippen molar-refractivity contribution in [3.05, 3.63) is 0 Å². The second kappa shape index (κ2) is 13.8. The molecule has 0 aromatic carbocycles. The molecule has 4 heteroatoms. The lowest BCUT2D eigenvalue weighted by Gasteiger charge is -2.12. The minimum absolute atomic E-state index is 0.379. The minimum Gasteiger partial charge on any atom is -0.417 e. The highest BCUT2D eigenvalue weighted by atomic mass is 32.2. The molecule has 0 fully saturated rings. The van der Waals surface area contributed by atoms with Crippen LogP contribution in [0.1, 0.15) is 59.3 Å². The van der Waals surface area contributed by atoms with Gasteiger partial charge in [-0.1, -0.05) is 40.0 Å². The van der Waals surface area contributed by atoms with Crippen LogP contribution in [0.2, 0.25) is 0 Å². The lowest BCUT2D eigenvalue weighted by Crippen LogP contribution is -2.13. The Kier molecular flexibility index (Phi) is 14.4. The normalized spacial score (nSPS) is 10.7. The number of hydrogen-bond donors (Lipinski definition) is 0. The molecule has 0 aliphatic carbocycles. The Morgan fingerprint density at radius 1 is 0.812 bits per heavy atom. The first kappa shape index (κ1) is 16.7. The molecular weight excluding hydrogens is 235 g/mol. The lowest BCUT2D eigenvalue weighted by atomic mass is 10.3. The first-order chi connectivity index (χ1) is 7.85. The topological polar surface area (TPSA) is 9.23 Å². The Bertz CT molecular complexity index is 112. The van der Waals surface area contributed by atoms with Gasteiger partial charge in [0.25, 0.3) is 0 Å². The summed E-state index contributed by atoms with van der Waals surface area (Å²) in [5.74, 6) is 2.48. The van der Waals surface area contributed by atoms with Gasteiger partial charge in [-0.05, 0) is 30.8 Å². The van der Waals surface area contributed by atoms with E-state index >= 15 is 0 Å². The fraction of sp³-hybridized carbons (Fsp3) is 1.00. The second-order valence-electron chi connectivity index (χ2n) is 3.96. The molecule has 0 saturated heterocycles. The molecule has 96 valence electrons. The van der Waals surface area contributed by atoms with Gasteiger partial charge in [0.15, 0.2) is 0 Å². The van der Waals surface area contributed by atoms with E-state index in [1.165, 1.54) is 50.0 Å². The van der Waals surface area contributed by atoms with Crippen LogP contribution >= 0.6 is 23.2 Å². The van der Waals surface area contributed by atoms with Crippen LogP contribution in [0.5, 0.6) is 0 Å². The van der Waals surface area contributed by atoms with Gasteiger partial charge in [0.2, 0.25) is 0 Å². The Hall–Kier alpha value is 0.725. The van der Waals surface area contributed by atoms with Crippen molar-refractivity contribution in [1.29, 1.82) is 0 Å². The quantitative estimate of drug-likeness (QED) is 0.367. The molecule has 0 heterocycles. The highest BCUT2D eigenvalue weighted by Crippen LogP contribution is 2.23. The Morgan fingerprint density at radius 2 is 1.31 bits per heavy atom. The summed E-state index contributed by atoms with van der Waals surface area (Å²) < 4.78 is 5.90. The van der Waals surface area contributed by atoms with E-state index in [0.717, 1.165) is 6.61 Å². The van der Waals surface area contributed by atoms with E-state index in [9.17, 15) is 0 Å². The fourth-order valence-corrected chi connectivity index (χ4v) is 3.76. The van der Waals surface area contributed by atoms with Gasteiger partial charge in [0.05, 0.1) is 0 Å². The molecule has 0 amide bonds. The fourth-order valence-electron chi connectivity index (χ4n) is 1.12. The van der Waals surface area contributed by atoms with Gasteiger partial charge in [0.1, 0.15) is 0 Å². The molecule has 0 radical (unpaired) electrons. The zero-order chi connectivity index (χ0) is 12.1. The highest BCUT2D eigenvalue weighted by Gasteiger charge is 2.16. The molecule has 0 saturated carbocycles. The molecule has 0 spiro atoms. The van der Waals surface area contributed by atoms with Crippen molar-refractivity contribution in [3.63, 3.8) is 0 Å². The van der Waals surface area contributed by atoms with E-state index < -0.39 is 0 Å². The lowest BCUT2D eigenvalue weighted by molar-refractivity contribution is 0.332. The van der Waals surface area contributed by atoms with E-state index in [-0.39, 0.29) is 0 Å². The average molecular weight is 262 g/mol. The van der Waals surface area contributed by atoms with Gasteiger partial charge < -0.3 is 4.65 Å². The van der Waals surface area contributed by atoms with Gasteiger partial charge in [-0.2, -0.15) is 23.2 Å². The molecule has 16 heavy (non-hydrogen) atoms. The minimum atomic E-state index is 0.379. The molecule has 0 aromatic heterocycles. The van der Waals surface area contributed by atoms with Crippen LogP contribution in [0, 0.1) is 0 Å². The number of rotatable bonds is 12. The smallest absolute Gasteiger partial charge is 0.417 e. The van der Waals surface area contributed by atoms with E-state index in [1.807, 2.05) is 23.2 Å². The summed E-state index contributed by atoms with van der Waals surface area (Å²) in [6.07, 6.45) is 7.62. The van der Waals surface area contributed by atoms with E-state index in [1.54, 1.807) is 0 Å². The first-order valence-electron chi connectivity index (χ1n) is 6.69. The maximum atomic E-state index is 5.90. The molecule has 0 unspecified atom stereocenters. The van der Waals surface area contributed by atoms with Gasteiger partial charge in [-0.15, -0.1) is 0 Å². The monoisotopic (exact) mass is 262 g/mol. The summed E-state index contributed by atoms with van der Waals surface area (Å²) in [6.45, 7) is 7.64. The third-order valence-corrected chi connectivity index (χ3v) is 4.94. The second-order valence-corrected chi connectivity index (χ2v) is 6.60. The summed E-state index contributed by atoms with van der Waals surface area (Å²) in [6, 6.07) is 0.